The zero-order valence-electron chi connectivity index (χ0n) is 16.0. The summed E-state index contributed by atoms with van der Waals surface area (Å²) in [5.74, 6) is -1.15. The van der Waals surface area contributed by atoms with Gasteiger partial charge in [0.05, 0.1) is 17.8 Å². The van der Waals surface area contributed by atoms with Gasteiger partial charge in [0.25, 0.3) is 5.91 Å². The topological polar surface area (TPSA) is 70.2 Å². The summed E-state index contributed by atoms with van der Waals surface area (Å²) in [5, 5.41) is 8.34. The van der Waals surface area contributed by atoms with Crippen LogP contribution in [0, 0.1) is 12.7 Å². The predicted molar refractivity (Wildman–Crippen MR) is 112 cm³/mol. The SMILES string of the molecule is Cc1ccc(NC(=O)CNc2ccccc2C(=O)NCc2ccccc2)c(F)c1. The highest BCUT2D eigenvalue weighted by Crippen LogP contribution is 2.17. The number of aryl methyl sites for hydroxylation is 1. The highest BCUT2D eigenvalue weighted by atomic mass is 19.1. The zero-order chi connectivity index (χ0) is 20.6. The monoisotopic (exact) mass is 391 g/mol. The molecule has 3 N–H and O–H groups in total. The molecule has 0 radical (unpaired) electrons. The van der Waals surface area contributed by atoms with Gasteiger partial charge in [-0.1, -0.05) is 48.5 Å². The molecule has 148 valence electrons. The number of halogens is 1. The van der Waals surface area contributed by atoms with E-state index in [9.17, 15) is 14.0 Å². The van der Waals surface area contributed by atoms with Gasteiger partial charge in [-0.05, 0) is 42.3 Å². The molecule has 0 spiro atoms. The molecule has 0 unspecified atom stereocenters. The summed E-state index contributed by atoms with van der Waals surface area (Å²) in [4.78, 5) is 24.7. The van der Waals surface area contributed by atoms with Crippen molar-refractivity contribution in [3.8, 4) is 0 Å². The Morgan fingerprint density at radius 1 is 0.897 bits per heavy atom. The molecule has 2 amide bonds. The number of para-hydroxylation sites is 1. The van der Waals surface area contributed by atoms with E-state index in [1.807, 2.05) is 30.3 Å². The standard InChI is InChI=1S/C23H22FN3O2/c1-16-11-12-21(19(24)13-16)27-22(28)15-25-20-10-6-5-9-18(20)23(29)26-14-17-7-3-2-4-8-17/h2-13,25H,14-15H2,1H3,(H,26,29)(H,27,28). The van der Waals surface area contributed by atoms with Crippen LogP contribution >= 0.6 is 0 Å². The van der Waals surface area contributed by atoms with E-state index in [-0.39, 0.29) is 18.1 Å². The fraction of sp³-hybridized carbons (Fsp3) is 0.130. The van der Waals surface area contributed by atoms with Crippen molar-refractivity contribution in [1.82, 2.24) is 5.32 Å². The third-order valence-electron chi connectivity index (χ3n) is 4.31. The lowest BCUT2D eigenvalue weighted by Crippen LogP contribution is -2.26. The van der Waals surface area contributed by atoms with Crippen LogP contribution in [0.2, 0.25) is 0 Å². The minimum absolute atomic E-state index is 0.101. The molecule has 0 heterocycles. The van der Waals surface area contributed by atoms with Crippen LogP contribution < -0.4 is 16.0 Å². The van der Waals surface area contributed by atoms with Crippen molar-refractivity contribution in [3.63, 3.8) is 0 Å². The molecule has 0 aromatic heterocycles. The molecule has 0 saturated heterocycles. The Labute approximate surface area is 169 Å². The van der Waals surface area contributed by atoms with Gasteiger partial charge in [0, 0.05) is 12.2 Å². The Morgan fingerprint density at radius 3 is 2.38 bits per heavy atom. The van der Waals surface area contributed by atoms with Crippen molar-refractivity contribution in [1.29, 1.82) is 0 Å². The molecule has 0 saturated carbocycles. The number of carbonyl (C=O) groups is 2. The lowest BCUT2D eigenvalue weighted by Gasteiger charge is -2.13. The van der Waals surface area contributed by atoms with E-state index in [1.54, 1.807) is 37.3 Å². The molecular formula is C23H22FN3O2. The van der Waals surface area contributed by atoms with Gasteiger partial charge in [-0.3, -0.25) is 9.59 Å². The first kappa shape index (κ1) is 20.1. The molecule has 0 bridgehead atoms. The summed E-state index contributed by atoms with van der Waals surface area (Å²) in [6.07, 6.45) is 0. The van der Waals surface area contributed by atoms with Crippen LogP contribution in [0.4, 0.5) is 15.8 Å². The fourth-order valence-corrected chi connectivity index (χ4v) is 2.80. The first-order valence-corrected chi connectivity index (χ1v) is 9.24. The molecule has 3 rings (SSSR count). The Hall–Kier alpha value is -3.67. The number of amides is 2. The van der Waals surface area contributed by atoms with E-state index in [2.05, 4.69) is 16.0 Å². The van der Waals surface area contributed by atoms with E-state index in [0.717, 1.165) is 11.1 Å². The number of benzene rings is 3. The maximum Gasteiger partial charge on any atom is 0.253 e. The minimum Gasteiger partial charge on any atom is -0.376 e. The summed E-state index contributed by atoms with van der Waals surface area (Å²) in [5.41, 5.74) is 2.84. The molecule has 6 heteroatoms. The van der Waals surface area contributed by atoms with Crippen LogP contribution in [-0.4, -0.2) is 18.4 Å². The second kappa shape index (κ2) is 9.50. The first-order chi connectivity index (χ1) is 14.0. The van der Waals surface area contributed by atoms with Gasteiger partial charge in [0.2, 0.25) is 5.91 Å². The lowest BCUT2D eigenvalue weighted by molar-refractivity contribution is -0.114. The fourth-order valence-electron chi connectivity index (χ4n) is 2.80. The average Bonchev–Trinajstić information content (AvgIpc) is 2.73. The molecule has 5 nitrogen and oxygen atoms in total. The summed E-state index contributed by atoms with van der Waals surface area (Å²) in [6, 6.07) is 21.1. The molecule has 0 aliphatic rings. The average molecular weight is 391 g/mol. The van der Waals surface area contributed by atoms with Crippen molar-refractivity contribution < 1.29 is 14.0 Å². The van der Waals surface area contributed by atoms with E-state index >= 15 is 0 Å². The Bertz CT molecular complexity index is 1010. The van der Waals surface area contributed by atoms with Gasteiger partial charge in [0.1, 0.15) is 5.82 Å². The Morgan fingerprint density at radius 2 is 1.62 bits per heavy atom. The highest BCUT2D eigenvalue weighted by molar-refractivity contribution is 6.00. The number of hydrogen-bond acceptors (Lipinski definition) is 3. The molecule has 0 fully saturated rings. The van der Waals surface area contributed by atoms with Gasteiger partial charge >= 0.3 is 0 Å². The summed E-state index contributed by atoms with van der Waals surface area (Å²) >= 11 is 0. The van der Waals surface area contributed by atoms with Crippen LogP contribution in [0.15, 0.2) is 72.8 Å². The number of carbonyl (C=O) groups excluding carboxylic acids is 2. The van der Waals surface area contributed by atoms with Crippen LogP contribution in [-0.2, 0) is 11.3 Å². The predicted octanol–water partition coefficient (Wildman–Crippen LogP) is 4.11. The van der Waals surface area contributed by atoms with Crippen LogP contribution in [0.3, 0.4) is 0 Å². The van der Waals surface area contributed by atoms with Crippen molar-refractivity contribution in [2.45, 2.75) is 13.5 Å². The van der Waals surface area contributed by atoms with Crippen molar-refractivity contribution in [2.24, 2.45) is 0 Å². The number of rotatable bonds is 7. The summed E-state index contributed by atoms with van der Waals surface area (Å²) in [7, 11) is 0. The molecule has 3 aromatic rings. The number of anilines is 2. The number of nitrogens with one attached hydrogen (secondary N) is 3. The van der Waals surface area contributed by atoms with E-state index in [4.69, 9.17) is 0 Å². The van der Waals surface area contributed by atoms with E-state index in [1.165, 1.54) is 12.1 Å². The summed E-state index contributed by atoms with van der Waals surface area (Å²) < 4.78 is 13.9. The second-order valence-corrected chi connectivity index (χ2v) is 6.60. The minimum atomic E-state index is -0.487. The van der Waals surface area contributed by atoms with Crippen LogP contribution in [0.5, 0.6) is 0 Å². The maximum atomic E-state index is 13.9. The first-order valence-electron chi connectivity index (χ1n) is 9.24. The van der Waals surface area contributed by atoms with Crippen molar-refractivity contribution in [3.05, 3.63) is 95.3 Å². The van der Waals surface area contributed by atoms with E-state index < -0.39 is 11.7 Å². The second-order valence-electron chi connectivity index (χ2n) is 6.60. The third kappa shape index (κ3) is 5.65. The zero-order valence-corrected chi connectivity index (χ0v) is 16.0. The third-order valence-corrected chi connectivity index (χ3v) is 4.31. The molecule has 0 atom stereocenters. The van der Waals surface area contributed by atoms with Gasteiger partial charge < -0.3 is 16.0 Å². The van der Waals surface area contributed by atoms with E-state index in [0.29, 0.717) is 17.8 Å². The quantitative estimate of drug-likeness (QED) is 0.568. The summed E-state index contributed by atoms with van der Waals surface area (Å²) in [6.45, 7) is 2.08. The normalized spacial score (nSPS) is 10.3. The van der Waals surface area contributed by atoms with Gasteiger partial charge in [-0.15, -0.1) is 0 Å². The van der Waals surface area contributed by atoms with Crippen molar-refractivity contribution >= 4 is 23.2 Å². The van der Waals surface area contributed by atoms with Gasteiger partial charge in [0.15, 0.2) is 0 Å². The lowest BCUT2D eigenvalue weighted by atomic mass is 10.1. The Balaban J connectivity index is 1.59. The molecule has 3 aromatic carbocycles. The van der Waals surface area contributed by atoms with Crippen molar-refractivity contribution in [2.75, 3.05) is 17.2 Å². The van der Waals surface area contributed by atoms with Crippen LogP contribution in [0.25, 0.3) is 0 Å². The maximum absolute atomic E-state index is 13.9. The highest BCUT2D eigenvalue weighted by Gasteiger charge is 2.12. The largest absolute Gasteiger partial charge is 0.376 e. The van der Waals surface area contributed by atoms with Gasteiger partial charge in [-0.2, -0.15) is 0 Å². The molecule has 0 aliphatic heterocycles. The smallest absolute Gasteiger partial charge is 0.253 e. The molecular weight excluding hydrogens is 369 g/mol. The van der Waals surface area contributed by atoms with Gasteiger partial charge in [-0.25, -0.2) is 4.39 Å². The number of hydrogen-bond donors (Lipinski definition) is 3. The Kier molecular flexibility index (Phi) is 6.58. The van der Waals surface area contributed by atoms with Crippen LogP contribution in [0.1, 0.15) is 21.5 Å². The molecule has 29 heavy (non-hydrogen) atoms. The molecule has 0 aliphatic carbocycles.